The topological polar surface area (TPSA) is 59.1 Å². The lowest BCUT2D eigenvalue weighted by Gasteiger charge is -2.16. The van der Waals surface area contributed by atoms with Crippen molar-refractivity contribution in [1.82, 2.24) is 4.98 Å². The van der Waals surface area contributed by atoms with Crippen molar-refractivity contribution < 1.29 is 5.11 Å². The SMILES string of the molecule is Cc1ccc(C)c(C(O)C(C)N)n1. The molecule has 0 radical (unpaired) electrons. The fraction of sp³-hybridized carbons (Fsp3) is 0.500. The van der Waals surface area contributed by atoms with Gasteiger partial charge in [-0.25, -0.2) is 0 Å². The van der Waals surface area contributed by atoms with Crippen molar-refractivity contribution in [2.75, 3.05) is 0 Å². The van der Waals surface area contributed by atoms with Crippen LogP contribution in [0.4, 0.5) is 0 Å². The van der Waals surface area contributed by atoms with Crippen LogP contribution in [0.5, 0.6) is 0 Å². The molecular formula is C10H16N2O. The van der Waals surface area contributed by atoms with Gasteiger partial charge >= 0.3 is 0 Å². The van der Waals surface area contributed by atoms with Crippen molar-refractivity contribution in [3.05, 3.63) is 29.1 Å². The highest BCUT2D eigenvalue weighted by molar-refractivity contribution is 5.23. The summed E-state index contributed by atoms with van der Waals surface area (Å²) in [5.41, 5.74) is 8.17. The first kappa shape index (κ1) is 10.2. The van der Waals surface area contributed by atoms with E-state index in [0.29, 0.717) is 5.69 Å². The minimum Gasteiger partial charge on any atom is -0.385 e. The third-order valence-electron chi connectivity index (χ3n) is 2.05. The smallest absolute Gasteiger partial charge is 0.111 e. The van der Waals surface area contributed by atoms with E-state index in [9.17, 15) is 5.11 Å². The summed E-state index contributed by atoms with van der Waals surface area (Å²) in [4.78, 5) is 4.26. The summed E-state index contributed by atoms with van der Waals surface area (Å²) in [5.74, 6) is 0. The summed E-state index contributed by atoms with van der Waals surface area (Å²) in [5, 5.41) is 9.72. The standard InChI is InChI=1S/C10H16N2O/c1-6-4-5-7(2)12-9(6)10(13)8(3)11/h4-5,8,10,13H,11H2,1-3H3. The van der Waals surface area contributed by atoms with Gasteiger partial charge in [0.1, 0.15) is 6.10 Å². The predicted octanol–water partition coefficient (Wildman–Crippen LogP) is 1.08. The molecule has 0 spiro atoms. The number of pyridine rings is 1. The predicted molar refractivity (Wildman–Crippen MR) is 52.3 cm³/mol. The van der Waals surface area contributed by atoms with E-state index in [4.69, 9.17) is 5.73 Å². The van der Waals surface area contributed by atoms with Crippen LogP contribution in [-0.4, -0.2) is 16.1 Å². The zero-order valence-corrected chi connectivity index (χ0v) is 8.28. The first-order chi connectivity index (χ1) is 6.02. The van der Waals surface area contributed by atoms with Crippen LogP contribution in [0.25, 0.3) is 0 Å². The quantitative estimate of drug-likeness (QED) is 0.716. The fourth-order valence-electron chi connectivity index (χ4n) is 1.19. The molecule has 0 aliphatic carbocycles. The van der Waals surface area contributed by atoms with Gasteiger partial charge in [0, 0.05) is 11.7 Å². The lowest BCUT2D eigenvalue weighted by Crippen LogP contribution is -2.26. The van der Waals surface area contributed by atoms with E-state index in [2.05, 4.69) is 4.98 Å². The molecular weight excluding hydrogens is 164 g/mol. The molecule has 0 saturated heterocycles. The van der Waals surface area contributed by atoms with Crippen LogP contribution in [0.15, 0.2) is 12.1 Å². The van der Waals surface area contributed by atoms with Crippen molar-refractivity contribution in [2.24, 2.45) is 5.73 Å². The minimum absolute atomic E-state index is 0.284. The maximum atomic E-state index is 9.72. The van der Waals surface area contributed by atoms with Gasteiger partial charge in [0.2, 0.25) is 0 Å². The number of nitrogens with zero attached hydrogens (tertiary/aromatic N) is 1. The number of hydrogen-bond donors (Lipinski definition) is 2. The molecule has 1 heterocycles. The third-order valence-corrected chi connectivity index (χ3v) is 2.05. The Morgan fingerprint density at radius 1 is 1.38 bits per heavy atom. The Morgan fingerprint density at radius 2 is 2.00 bits per heavy atom. The molecule has 72 valence electrons. The Kier molecular flexibility index (Phi) is 3.01. The molecule has 1 rings (SSSR count). The molecule has 1 aromatic heterocycles. The number of aliphatic hydroxyl groups excluding tert-OH is 1. The van der Waals surface area contributed by atoms with E-state index in [-0.39, 0.29) is 6.04 Å². The molecule has 0 amide bonds. The molecule has 0 aliphatic heterocycles. The molecule has 0 fully saturated rings. The number of hydrogen-bond acceptors (Lipinski definition) is 3. The van der Waals surface area contributed by atoms with Crippen molar-refractivity contribution in [3.63, 3.8) is 0 Å². The van der Waals surface area contributed by atoms with E-state index in [0.717, 1.165) is 11.3 Å². The van der Waals surface area contributed by atoms with Crippen LogP contribution in [0, 0.1) is 13.8 Å². The Bertz CT molecular complexity index is 297. The number of aliphatic hydroxyl groups is 1. The average Bonchev–Trinajstić information content (AvgIpc) is 2.08. The number of nitrogens with two attached hydrogens (primary N) is 1. The Hall–Kier alpha value is -0.930. The molecule has 3 N–H and O–H groups in total. The summed E-state index contributed by atoms with van der Waals surface area (Å²) in [6.07, 6.45) is -0.667. The van der Waals surface area contributed by atoms with Crippen LogP contribution >= 0.6 is 0 Å². The summed E-state index contributed by atoms with van der Waals surface area (Å²) in [6.45, 7) is 5.60. The average molecular weight is 180 g/mol. The van der Waals surface area contributed by atoms with Gasteiger partial charge in [-0.3, -0.25) is 4.98 Å². The summed E-state index contributed by atoms with van der Waals surface area (Å²) >= 11 is 0. The molecule has 1 aromatic rings. The lowest BCUT2D eigenvalue weighted by atomic mass is 10.1. The highest BCUT2D eigenvalue weighted by Gasteiger charge is 2.15. The molecule has 2 atom stereocenters. The van der Waals surface area contributed by atoms with Gasteiger partial charge < -0.3 is 10.8 Å². The summed E-state index contributed by atoms with van der Waals surface area (Å²) < 4.78 is 0. The number of rotatable bonds is 2. The molecule has 13 heavy (non-hydrogen) atoms. The highest BCUT2D eigenvalue weighted by Crippen LogP contribution is 2.17. The van der Waals surface area contributed by atoms with Crippen molar-refractivity contribution in [1.29, 1.82) is 0 Å². The first-order valence-electron chi connectivity index (χ1n) is 4.40. The van der Waals surface area contributed by atoms with Crippen molar-refractivity contribution in [2.45, 2.75) is 32.9 Å². The summed E-state index contributed by atoms with van der Waals surface area (Å²) in [7, 11) is 0. The Morgan fingerprint density at radius 3 is 2.54 bits per heavy atom. The zero-order valence-electron chi connectivity index (χ0n) is 8.28. The van der Waals surface area contributed by atoms with Crippen LogP contribution in [-0.2, 0) is 0 Å². The van der Waals surface area contributed by atoms with E-state index in [1.807, 2.05) is 26.0 Å². The molecule has 0 saturated carbocycles. The number of aryl methyl sites for hydroxylation is 2. The molecule has 0 aliphatic rings. The van der Waals surface area contributed by atoms with Crippen molar-refractivity contribution >= 4 is 0 Å². The van der Waals surface area contributed by atoms with E-state index < -0.39 is 6.10 Å². The highest BCUT2D eigenvalue weighted by atomic mass is 16.3. The van der Waals surface area contributed by atoms with E-state index in [1.165, 1.54) is 0 Å². The van der Waals surface area contributed by atoms with Crippen LogP contribution < -0.4 is 5.73 Å². The van der Waals surface area contributed by atoms with Gasteiger partial charge in [0.25, 0.3) is 0 Å². The van der Waals surface area contributed by atoms with Crippen molar-refractivity contribution in [3.8, 4) is 0 Å². The number of aromatic nitrogens is 1. The minimum atomic E-state index is -0.667. The third kappa shape index (κ3) is 2.26. The molecule has 2 unspecified atom stereocenters. The van der Waals surface area contributed by atoms with Crippen LogP contribution in [0.1, 0.15) is 30.0 Å². The van der Waals surface area contributed by atoms with Gasteiger partial charge in [-0.15, -0.1) is 0 Å². The Balaban J connectivity index is 3.05. The second-order valence-corrected chi connectivity index (χ2v) is 3.46. The second kappa shape index (κ2) is 3.85. The molecule has 0 aromatic carbocycles. The van der Waals surface area contributed by atoms with Crippen LogP contribution in [0.3, 0.4) is 0 Å². The monoisotopic (exact) mass is 180 g/mol. The van der Waals surface area contributed by atoms with Crippen LogP contribution in [0.2, 0.25) is 0 Å². The van der Waals surface area contributed by atoms with E-state index in [1.54, 1.807) is 6.92 Å². The molecule has 3 heteroatoms. The largest absolute Gasteiger partial charge is 0.385 e. The van der Waals surface area contributed by atoms with Gasteiger partial charge in [-0.1, -0.05) is 6.07 Å². The van der Waals surface area contributed by atoms with Gasteiger partial charge in [-0.05, 0) is 32.4 Å². The maximum Gasteiger partial charge on any atom is 0.111 e. The van der Waals surface area contributed by atoms with Gasteiger partial charge in [-0.2, -0.15) is 0 Å². The van der Waals surface area contributed by atoms with Gasteiger partial charge in [0.15, 0.2) is 0 Å². The molecule has 0 bridgehead atoms. The Labute approximate surface area is 78.6 Å². The summed E-state index contributed by atoms with van der Waals surface area (Å²) in [6, 6.07) is 3.59. The normalized spacial score (nSPS) is 15.5. The lowest BCUT2D eigenvalue weighted by molar-refractivity contribution is 0.148. The first-order valence-corrected chi connectivity index (χ1v) is 4.40. The maximum absolute atomic E-state index is 9.72. The second-order valence-electron chi connectivity index (χ2n) is 3.46. The zero-order chi connectivity index (χ0) is 10.0. The van der Waals surface area contributed by atoms with Gasteiger partial charge in [0.05, 0.1) is 5.69 Å². The van der Waals surface area contributed by atoms with E-state index >= 15 is 0 Å². The molecule has 3 nitrogen and oxygen atoms in total. The fourth-order valence-corrected chi connectivity index (χ4v) is 1.19.